The SMILES string of the molecule is Cc1c(Br)c(C(=O)NNC(=S)NCC(C)C)nn1C. The second-order valence-corrected chi connectivity index (χ2v) is 5.76. The van der Waals surface area contributed by atoms with Gasteiger partial charge in [-0.1, -0.05) is 13.8 Å². The first-order valence-corrected chi connectivity index (χ1v) is 7.06. The molecular formula is C11H18BrN5OS. The van der Waals surface area contributed by atoms with E-state index in [2.05, 4.69) is 51.0 Å². The number of rotatable bonds is 3. The highest BCUT2D eigenvalue weighted by molar-refractivity contribution is 9.10. The van der Waals surface area contributed by atoms with Gasteiger partial charge in [0.1, 0.15) is 0 Å². The number of aryl methyl sites for hydroxylation is 1. The number of thiocarbonyl (C=S) groups is 1. The minimum absolute atomic E-state index is 0.319. The predicted octanol–water partition coefficient (Wildman–Crippen LogP) is 1.26. The van der Waals surface area contributed by atoms with E-state index in [0.717, 1.165) is 12.2 Å². The zero-order valence-electron chi connectivity index (χ0n) is 11.4. The lowest BCUT2D eigenvalue weighted by Gasteiger charge is -2.12. The van der Waals surface area contributed by atoms with Crippen molar-refractivity contribution >= 4 is 39.2 Å². The molecule has 19 heavy (non-hydrogen) atoms. The summed E-state index contributed by atoms with van der Waals surface area (Å²) in [5, 5.41) is 7.48. The topological polar surface area (TPSA) is 71.0 Å². The summed E-state index contributed by atoms with van der Waals surface area (Å²) in [7, 11) is 1.78. The van der Waals surface area contributed by atoms with Crippen LogP contribution in [0.15, 0.2) is 4.47 Å². The Kier molecular flexibility index (Phi) is 5.74. The van der Waals surface area contributed by atoms with Gasteiger partial charge < -0.3 is 5.32 Å². The minimum atomic E-state index is -0.343. The van der Waals surface area contributed by atoms with Gasteiger partial charge in [-0.15, -0.1) is 0 Å². The summed E-state index contributed by atoms with van der Waals surface area (Å²) in [6, 6.07) is 0. The van der Waals surface area contributed by atoms with Crippen LogP contribution in [-0.2, 0) is 7.05 Å². The van der Waals surface area contributed by atoms with Crippen molar-refractivity contribution in [2.75, 3.05) is 6.54 Å². The van der Waals surface area contributed by atoms with Gasteiger partial charge in [-0.05, 0) is 41.0 Å². The highest BCUT2D eigenvalue weighted by Crippen LogP contribution is 2.19. The molecule has 0 saturated carbocycles. The van der Waals surface area contributed by atoms with Gasteiger partial charge >= 0.3 is 0 Å². The molecule has 6 nitrogen and oxygen atoms in total. The lowest BCUT2D eigenvalue weighted by Crippen LogP contribution is -2.47. The van der Waals surface area contributed by atoms with Crippen LogP contribution >= 0.6 is 28.1 Å². The second-order valence-electron chi connectivity index (χ2n) is 4.55. The van der Waals surface area contributed by atoms with E-state index in [1.807, 2.05) is 6.92 Å². The molecule has 1 amide bonds. The molecule has 0 unspecified atom stereocenters. The summed E-state index contributed by atoms with van der Waals surface area (Å²) in [6.07, 6.45) is 0. The summed E-state index contributed by atoms with van der Waals surface area (Å²) in [4.78, 5) is 11.9. The molecule has 0 radical (unpaired) electrons. The molecule has 0 aromatic carbocycles. The molecule has 0 saturated heterocycles. The third-order valence-electron chi connectivity index (χ3n) is 2.44. The standard InChI is InChI=1S/C11H18BrN5OS/c1-6(2)5-13-11(19)15-14-10(18)9-8(12)7(3)17(4)16-9/h6H,5H2,1-4H3,(H,14,18)(H2,13,15,19). The molecule has 1 rings (SSSR count). The number of hydrogen-bond acceptors (Lipinski definition) is 3. The lowest BCUT2D eigenvalue weighted by molar-refractivity contribution is 0.0937. The third-order valence-corrected chi connectivity index (χ3v) is 3.63. The maximum Gasteiger partial charge on any atom is 0.291 e. The molecule has 1 aromatic heterocycles. The van der Waals surface area contributed by atoms with E-state index in [0.29, 0.717) is 21.2 Å². The highest BCUT2D eigenvalue weighted by Gasteiger charge is 2.17. The summed E-state index contributed by atoms with van der Waals surface area (Å²) >= 11 is 8.37. The number of carbonyl (C=O) groups excluding carboxylic acids is 1. The van der Waals surface area contributed by atoms with Gasteiger partial charge in [-0.3, -0.25) is 20.3 Å². The van der Waals surface area contributed by atoms with Crippen molar-refractivity contribution in [2.24, 2.45) is 13.0 Å². The fraction of sp³-hybridized carbons (Fsp3) is 0.545. The number of nitrogens with zero attached hydrogens (tertiary/aromatic N) is 2. The van der Waals surface area contributed by atoms with Crippen molar-refractivity contribution in [1.82, 2.24) is 25.9 Å². The lowest BCUT2D eigenvalue weighted by atomic mass is 10.2. The van der Waals surface area contributed by atoms with Gasteiger partial charge in [0.2, 0.25) is 0 Å². The Bertz CT molecular complexity index is 486. The van der Waals surface area contributed by atoms with Crippen LogP contribution in [0.5, 0.6) is 0 Å². The van der Waals surface area contributed by atoms with E-state index in [9.17, 15) is 4.79 Å². The molecule has 0 bridgehead atoms. The van der Waals surface area contributed by atoms with E-state index in [1.54, 1.807) is 11.7 Å². The molecule has 0 spiro atoms. The Morgan fingerprint density at radius 1 is 1.47 bits per heavy atom. The van der Waals surface area contributed by atoms with Crippen LogP contribution in [0, 0.1) is 12.8 Å². The number of aromatic nitrogens is 2. The molecular weight excluding hydrogens is 330 g/mol. The fourth-order valence-corrected chi connectivity index (χ4v) is 1.89. The van der Waals surface area contributed by atoms with E-state index in [1.165, 1.54) is 0 Å². The number of nitrogens with one attached hydrogen (secondary N) is 3. The quantitative estimate of drug-likeness (QED) is 0.567. The number of amides is 1. The predicted molar refractivity (Wildman–Crippen MR) is 81.7 cm³/mol. The first kappa shape index (κ1) is 15.9. The monoisotopic (exact) mass is 347 g/mol. The van der Waals surface area contributed by atoms with Crippen molar-refractivity contribution in [2.45, 2.75) is 20.8 Å². The summed E-state index contributed by atoms with van der Waals surface area (Å²) < 4.78 is 2.31. The van der Waals surface area contributed by atoms with Crippen molar-refractivity contribution in [3.05, 3.63) is 15.9 Å². The van der Waals surface area contributed by atoms with Crippen molar-refractivity contribution in [3.63, 3.8) is 0 Å². The van der Waals surface area contributed by atoms with Gasteiger partial charge in [0.25, 0.3) is 5.91 Å². The molecule has 0 aliphatic carbocycles. The van der Waals surface area contributed by atoms with Crippen LogP contribution in [-0.4, -0.2) is 27.3 Å². The average Bonchev–Trinajstić information content (AvgIpc) is 2.61. The van der Waals surface area contributed by atoms with Crippen LogP contribution in [0.2, 0.25) is 0 Å². The molecule has 3 N–H and O–H groups in total. The van der Waals surface area contributed by atoms with Crippen LogP contribution in [0.25, 0.3) is 0 Å². The Labute approximate surface area is 126 Å². The molecule has 0 aliphatic heterocycles. The molecule has 0 atom stereocenters. The molecule has 106 valence electrons. The Morgan fingerprint density at radius 3 is 2.58 bits per heavy atom. The normalized spacial score (nSPS) is 10.4. The minimum Gasteiger partial charge on any atom is -0.361 e. The molecule has 0 fully saturated rings. The zero-order valence-corrected chi connectivity index (χ0v) is 13.8. The van der Waals surface area contributed by atoms with Crippen molar-refractivity contribution in [1.29, 1.82) is 0 Å². The molecule has 1 heterocycles. The fourth-order valence-electron chi connectivity index (χ4n) is 1.24. The first-order valence-electron chi connectivity index (χ1n) is 5.86. The zero-order chi connectivity index (χ0) is 14.6. The number of hydrogen-bond donors (Lipinski definition) is 3. The van der Waals surface area contributed by atoms with Gasteiger partial charge in [-0.2, -0.15) is 5.10 Å². The molecule has 8 heteroatoms. The van der Waals surface area contributed by atoms with E-state index in [-0.39, 0.29) is 5.91 Å². The largest absolute Gasteiger partial charge is 0.361 e. The van der Waals surface area contributed by atoms with Crippen molar-refractivity contribution < 1.29 is 4.79 Å². The van der Waals surface area contributed by atoms with Crippen LogP contribution in [0.3, 0.4) is 0 Å². The Morgan fingerprint density at radius 2 is 2.11 bits per heavy atom. The number of carbonyl (C=O) groups is 1. The highest BCUT2D eigenvalue weighted by atomic mass is 79.9. The van der Waals surface area contributed by atoms with Gasteiger partial charge in [-0.25, -0.2) is 0 Å². The average molecular weight is 348 g/mol. The number of hydrazine groups is 1. The van der Waals surface area contributed by atoms with Crippen LogP contribution < -0.4 is 16.2 Å². The van der Waals surface area contributed by atoms with E-state index < -0.39 is 0 Å². The van der Waals surface area contributed by atoms with E-state index >= 15 is 0 Å². The van der Waals surface area contributed by atoms with Crippen molar-refractivity contribution in [3.8, 4) is 0 Å². The van der Waals surface area contributed by atoms with Crippen LogP contribution in [0.1, 0.15) is 30.0 Å². The van der Waals surface area contributed by atoms with Crippen LogP contribution in [0.4, 0.5) is 0 Å². The van der Waals surface area contributed by atoms with E-state index in [4.69, 9.17) is 12.2 Å². The summed E-state index contributed by atoms with van der Waals surface area (Å²) in [6.45, 7) is 6.76. The molecule has 1 aromatic rings. The first-order chi connectivity index (χ1) is 8.82. The smallest absolute Gasteiger partial charge is 0.291 e. The van der Waals surface area contributed by atoms with Gasteiger partial charge in [0.15, 0.2) is 10.8 Å². The summed E-state index contributed by atoms with van der Waals surface area (Å²) in [5.74, 6) is 0.132. The third kappa shape index (κ3) is 4.46. The second kappa shape index (κ2) is 6.85. The maximum absolute atomic E-state index is 11.9. The van der Waals surface area contributed by atoms with Gasteiger partial charge in [0.05, 0.1) is 10.2 Å². The molecule has 0 aliphatic rings. The Hall–Kier alpha value is -1.15. The number of halogens is 1. The summed E-state index contributed by atoms with van der Waals surface area (Å²) in [5.41, 5.74) is 6.35. The van der Waals surface area contributed by atoms with Gasteiger partial charge in [0, 0.05) is 13.6 Å². The maximum atomic E-state index is 11.9. The Balaban J connectivity index is 2.52.